The summed E-state index contributed by atoms with van der Waals surface area (Å²) < 4.78 is 0. The van der Waals surface area contributed by atoms with Crippen molar-refractivity contribution in [1.82, 2.24) is 0 Å². The molecule has 1 heterocycles. The molecule has 0 radical (unpaired) electrons. The van der Waals surface area contributed by atoms with Crippen LogP contribution in [-0.4, -0.2) is 17.1 Å². The van der Waals surface area contributed by atoms with Crippen LogP contribution in [0.15, 0.2) is 89.5 Å². The van der Waals surface area contributed by atoms with Gasteiger partial charge >= 0.3 is 0 Å². The Balaban J connectivity index is 1.72. The van der Waals surface area contributed by atoms with E-state index in [9.17, 15) is 14.9 Å². The van der Waals surface area contributed by atoms with Crippen molar-refractivity contribution in [2.24, 2.45) is 0 Å². The number of nitrogens with zero attached hydrogens (tertiary/aromatic N) is 2. The van der Waals surface area contributed by atoms with E-state index in [-0.39, 0.29) is 11.5 Å². The fourth-order valence-corrected chi connectivity index (χ4v) is 5.07. The maximum Gasteiger partial charge on any atom is 0.269 e. The number of nitrogens with one attached hydrogen (secondary N) is 1. The fourth-order valence-electron chi connectivity index (χ4n) is 3.77. The lowest BCUT2D eigenvalue weighted by Crippen LogP contribution is -2.30. The topological polar surface area (TPSA) is 73.2 Å². The second kappa shape index (κ2) is 9.76. The molecule has 3 aromatic carbocycles. The number of hydrogen-bond donors (Lipinski definition) is 1. The highest BCUT2D eigenvalue weighted by Gasteiger charge is 2.40. The van der Waals surface area contributed by atoms with Gasteiger partial charge in [0.1, 0.15) is 16.7 Å². The average Bonchev–Trinajstić information content (AvgIpc) is 3.13. The molecule has 0 unspecified atom stereocenters. The molecule has 1 N–H and O–H groups in total. The summed E-state index contributed by atoms with van der Waals surface area (Å²) in [6.45, 7) is 3.88. The molecule has 0 saturated carbocycles. The normalized spacial score (nSPS) is 16.9. The zero-order chi connectivity index (χ0) is 23.4. The third-order valence-electron chi connectivity index (χ3n) is 5.41. The van der Waals surface area contributed by atoms with Crippen LogP contribution >= 0.6 is 11.8 Å². The minimum Gasteiger partial charge on any atom is -0.321 e. The molecule has 1 saturated heterocycles. The van der Waals surface area contributed by atoms with Crippen LogP contribution in [0.5, 0.6) is 0 Å². The molecule has 1 aliphatic heterocycles. The van der Waals surface area contributed by atoms with E-state index in [0.29, 0.717) is 22.8 Å². The van der Waals surface area contributed by atoms with Gasteiger partial charge in [-0.1, -0.05) is 78.0 Å². The predicted molar refractivity (Wildman–Crippen MR) is 133 cm³/mol. The largest absolute Gasteiger partial charge is 0.321 e. The van der Waals surface area contributed by atoms with Crippen molar-refractivity contribution in [3.8, 4) is 6.07 Å². The number of aryl methyl sites for hydroxylation is 2. The summed E-state index contributed by atoms with van der Waals surface area (Å²) in [5.41, 5.74) is 4.21. The quantitative estimate of drug-likeness (QED) is 0.416. The molecule has 0 aromatic heterocycles. The van der Waals surface area contributed by atoms with Crippen LogP contribution in [-0.2, 0) is 16.0 Å². The number of amides is 2. The van der Waals surface area contributed by atoms with Crippen molar-refractivity contribution < 1.29 is 9.59 Å². The number of benzene rings is 3. The Morgan fingerprint density at radius 2 is 1.70 bits per heavy atom. The summed E-state index contributed by atoms with van der Waals surface area (Å²) in [7, 11) is 0. The van der Waals surface area contributed by atoms with Crippen molar-refractivity contribution in [2.45, 2.75) is 25.5 Å². The molecule has 0 spiro atoms. The van der Waals surface area contributed by atoms with Crippen molar-refractivity contribution in [3.05, 3.63) is 106 Å². The number of anilines is 2. The van der Waals surface area contributed by atoms with Crippen molar-refractivity contribution in [1.29, 1.82) is 5.26 Å². The van der Waals surface area contributed by atoms with E-state index < -0.39 is 11.2 Å². The van der Waals surface area contributed by atoms with Crippen LogP contribution < -0.4 is 10.2 Å². The summed E-state index contributed by atoms with van der Waals surface area (Å²) in [4.78, 5) is 28.1. The minimum atomic E-state index is -0.527. The highest BCUT2D eigenvalue weighted by atomic mass is 32.2. The molecule has 0 bridgehead atoms. The molecule has 5 nitrogen and oxygen atoms in total. The van der Waals surface area contributed by atoms with Gasteiger partial charge in [0, 0.05) is 11.4 Å². The van der Waals surface area contributed by atoms with E-state index in [1.165, 1.54) is 16.7 Å². The summed E-state index contributed by atoms with van der Waals surface area (Å²) >= 11 is 1.27. The third kappa shape index (κ3) is 4.84. The van der Waals surface area contributed by atoms with Gasteiger partial charge in [0.05, 0.1) is 5.25 Å². The Morgan fingerprint density at radius 1 is 1.03 bits per heavy atom. The van der Waals surface area contributed by atoms with E-state index in [2.05, 4.69) is 11.4 Å². The number of hydrogen-bond acceptors (Lipinski definition) is 4. The van der Waals surface area contributed by atoms with Crippen LogP contribution in [0.3, 0.4) is 0 Å². The number of nitriles is 1. The number of carbonyl (C=O) groups excluding carboxylic acids is 2. The average molecular weight is 454 g/mol. The lowest BCUT2D eigenvalue weighted by Gasteiger charge is -2.18. The second-order valence-corrected chi connectivity index (χ2v) is 9.06. The summed E-state index contributed by atoms with van der Waals surface area (Å²) in [6, 6.07) is 26.6. The maximum atomic E-state index is 13.4. The van der Waals surface area contributed by atoms with Gasteiger partial charge in [-0.15, -0.1) is 0 Å². The van der Waals surface area contributed by atoms with Gasteiger partial charge in [-0.2, -0.15) is 5.26 Å². The van der Waals surface area contributed by atoms with Crippen LogP contribution in [0.4, 0.5) is 11.4 Å². The SMILES string of the molecule is Cc1ccc(NC(=O)/C(C#N)=C2\S[C@H](Cc3ccccc3)C(=O)N2c2ccccc2)c(C)c1. The molecule has 4 rings (SSSR count). The van der Waals surface area contributed by atoms with Crippen LogP contribution in [0.2, 0.25) is 0 Å². The van der Waals surface area contributed by atoms with Gasteiger partial charge in [0.15, 0.2) is 0 Å². The molecule has 164 valence electrons. The van der Waals surface area contributed by atoms with E-state index >= 15 is 0 Å². The van der Waals surface area contributed by atoms with E-state index in [1.807, 2.05) is 80.6 Å². The summed E-state index contributed by atoms with van der Waals surface area (Å²) in [5.74, 6) is -0.668. The highest BCUT2D eigenvalue weighted by molar-refractivity contribution is 8.05. The van der Waals surface area contributed by atoms with Crippen LogP contribution in [0.1, 0.15) is 16.7 Å². The Kier molecular flexibility index (Phi) is 6.62. The summed E-state index contributed by atoms with van der Waals surface area (Å²) in [6.07, 6.45) is 0.509. The van der Waals surface area contributed by atoms with Gasteiger partial charge in [-0.05, 0) is 49.6 Å². The van der Waals surface area contributed by atoms with E-state index in [1.54, 1.807) is 12.1 Å². The Hall–Kier alpha value is -3.82. The monoisotopic (exact) mass is 453 g/mol. The van der Waals surface area contributed by atoms with Gasteiger partial charge in [0.25, 0.3) is 5.91 Å². The van der Waals surface area contributed by atoms with Gasteiger partial charge < -0.3 is 5.32 Å². The standard InChI is InChI=1S/C27H23N3O2S/c1-18-13-14-23(19(2)15-18)29-25(31)22(17-28)27-30(21-11-7-4-8-12-21)26(32)24(33-27)16-20-9-5-3-6-10-20/h3-15,24H,16H2,1-2H3,(H,29,31)/b27-22-/t24-/m1/s1. The molecule has 33 heavy (non-hydrogen) atoms. The molecular weight excluding hydrogens is 430 g/mol. The third-order valence-corrected chi connectivity index (χ3v) is 6.68. The lowest BCUT2D eigenvalue weighted by molar-refractivity contribution is -0.117. The van der Waals surface area contributed by atoms with Crippen molar-refractivity contribution in [2.75, 3.05) is 10.2 Å². The predicted octanol–water partition coefficient (Wildman–Crippen LogP) is 5.37. The first-order valence-corrected chi connectivity index (χ1v) is 11.5. The molecular formula is C27H23N3O2S. The first-order valence-electron chi connectivity index (χ1n) is 10.6. The highest BCUT2D eigenvalue weighted by Crippen LogP contribution is 2.42. The van der Waals surface area contributed by atoms with Gasteiger partial charge in [0.2, 0.25) is 5.91 Å². The number of carbonyl (C=O) groups is 2. The first kappa shape index (κ1) is 22.4. The van der Waals surface area contributed by atoms with E-state index in [0.717, 1.165) is 16.7 Å². The molecule has 1 atom stereocenters. The molecule has 2 amide bonds. The molecule has 0 aliphatic carbocycles. The molecule has 1 fully saturated rings. The number of thioether (sulfide) groups is 1. The maximum absolute atomic E-state index is 13.4. The molecule has 1 aliphatic rings. The Labute approximate surface area is 197 Å². The molecule has 6 heteroatoms. The van der Waals surface area contributed by atoms with Crippen LogP contribution in [0.25, 0.3) is 0 Å². The number of rotatable bonds is 5. The van der Waals surface area contributed by atoms with E-state index in [4.69, 9.17) is 0 Å². The van der Waals surface area contributed by atoms with Crippen LogP contribution in [0, 0.1) is 25.2 Å². The number of para-hydroxylation sites is 1. The second-order valence-electron chi connectivity index (χ2n) is 7.87. The minimum absolute atomic E-state index is 0.0762. The van der Waals surface area contributed by atoms with Gasteiger partial charge in [-0.3, -0.25) is 14.5 Å². The molecule has 3 aromatic rings. The zero-order valence-electron chi connectivity index (χ0n) is 18.4. The Bertz CT molecular complexity index is 1260. The zero-order valence-corrected chi connectivity index (χ0v) is 19.2. The summed E-state index contributed by atoms with van der Waals surface area (Å²) in [5, 5.41) is 12.7. The first-order chi connectivity index (χ1) is 16.0. The lowest BCUT2D eigenvalue weighted by atomic mass is 10.1. The van der Waals surface area contributed by atoms with Gasteiger partial charge in [-0.25, -0.2) is 0 Å². The van der Waals surface area contributed by atoms with Crippen molar-refractivity contribution >= 4 is 35.0 Å². The fraction of sp³-hybridized carbons (Fsp3) is 0.148. The van der Waals surface area contributed by atoms with Crippen molar-refractivity contribution in [3.63, 3.8) is 0 Å². The smallest absolute Gasteiger partial charge is 0.269 e. The Morgan fingerprint density at radius 3 is 2.33 bits per heavy atom.